The van der Waals surface area contributed by atoms with Gasteiger partial charge in [0.1, 0.15) is 29.2 Å². The van der Waals surface area contributed by atoms with E-state index in [1.165, 1.54) is 44.7 Å². The molecule has 2 aromatic heterocycles. The van der Waals surface area contributed by atoms with Crippen molar-refractivity contribution in [3.63, 3.8) is 0 Å². The summed E-state index contributed by atoms with van der Waals surface area (Å²) < 4.78 is 11.9. The molecule has 44 heavy (non-hydrogen) atoms. The van der Waals surface area contributed by atoms with Gasteiger partial charge >= 0.3 is 0 Å². The van der Waals surface area contributed by atoms with Gasteiger partial charge in [0.05, 0.1) is 11.8 Å². The quantitative estimate of drug-likeness (QED) is 0.0794. The maximum Gasteiger partial charge on any atom is 0.188 e. The Morgan fingerprint density at radius 3 is 1.95 bits per heavy atom. The molecule has 2 heterocycles. The lowest BCUT2D eigenvalue weighted by molar-refractivity contribution is 0.0937. The SMILES string of the molecule is CCCCC(CC)COCCCNc1nc(NCCCOCC(CC)CCCC)c(N=Nc2[nH]ncc2C#N)c(C)c1C#N. The molecule has 11 heteroatoms. The number of aromatic amines is 1. The van der Waals surface area contributed by atoms with E-state index in [1.54, 1.807) is 0 Å². The molecule has 0 saturated heterocycles. The highest BCUT2D eigenvalue weighted by Gasteiger charge is 2.18. The Bertz CT molecular complexity index is 1200. The van der Waals surface area contributed by atoms with E-state index in [1.807, 2.05) is 13.0 Å². The highest BCUT2D eigenvalue weighted by molar-refractivity contribution is 5.74. The van der Waals surface area contributed by atoms with E-state index >= 15 is 0 Å². The average molecular weight is 608 g/mol. The summed E-state index contributed by atoms with van der Waals surface area (Å²) >= 11 is 0. The van der Waals surface area contributed by atoms with Crippen LogP contribution >= 0.6 is 0 Å². The molecular weight excluding hydrogens is 554 g/mol. The summed E-state index contributed by atoms with van der Waals surface area (Å²) in [5.41, 5.74) is 1.78. The third kappa shape index (κ3) is 12.6. The number of nitriles is 2. The zero-order valence-electron chi connectivity index (χ0n) is 27.5. The number of pyridine rings is 1. The number of ether oxygens (including phenoxy) is 2. The molecule has 0 saturated carbocycles. The number of nitrogens with zero attached hydrogens (tertiary/aromatic N) is 6. The van der Waals surface area contributed by atoms with E-state index in [4.69, 9.17) is 14.5 Å². The molecule has 0 amide bonds. The number of azo groups is 1. The minimum atomic E-state index is 0.250. The number of nitrogens with one attached hydrogen (secondary N) is 3. The van der Waals surface area contributed by atoms with E-state index in [0.717, 1.165) is 38.9 Å². The largest absolute Gasteiger partial charge is 0.381 e. The van der Waals surface area contributed by atoms with Gasteiger partial charge in [0.2, 0.25) is 0 Å². The molecule has 2 unspecified atom stereocenters. The number of rotatable bonds is 24. The number of hydrogen-bond donors (Lipinski definition) is 3. The maximum absolute atomic E-state index is 10.0. The standard InChI is InChI=1S/C33H53N9O2/c1-6-10-14-26(8-3)23-43-18-12-16-36-32-29(21-35)25(5)30(40-42-31-28(20-34)22-38-41-31)33(39-32)37-17-13-19-44-24-27(9-4)15-11-7-2/h22,26-27H,6-19,23-24H2,1-5H3,(H,38,41)(H2,36,37,39). The molecule has 0 spiro atoms. The molecular formula is C33H53N9O2. The maximum atomic E-state index is 10.0. The van der Waals surface area contributed by atoms with Gasteiger partial charge in [0.15, 0.2) is 11.6 Å². The van der Waals surface area contributed by atoms with Gasteiger partial charge in [-0.15, -0.1) is 10.2 Å². The number of hydrogen-bond acceptors (Lipinski definition) is 10. The summed E-state index contributed by atoms with van der Waals surface area (Å²) in [5, 5.41) is 41.2. The van der Waals surface area contributed by atoms with Gasteiger partial charge in [0, 0.05) is 45.1 Å². The fourth-order valence-corrected chi connectivity index (χ4v) is 4.80. The monoisotopic (exact) mass is 607 g/mol. The van der Waals surface area contributed by atoms with Crippen molar-refractivity contribution >= 4 is 23.1 Å². The van der Waals surface area contributed by atoms with Gasteiger partial charge in [-0.2, -0.15) is 15.6 Å². The second-order valence-electron chi connectivity index (χ2n) is 11.3. The summed E-state index contributed by atoms with van der Waals surface area (Å²) in [4.78, 5) is 4.76. The topological polar surface area (TPSA) is 156 Å². The van der Waals surface area contributed by atoms with Crippen molar-refractivity contribution in [2.24, 2.45) is 22.1 Å². The van der Waals surface area contributed by atoms with E-state index in [0.29, 0.717) is 66.6 Å². The van der Waals surface area contributed by atoms with Crippen molar-refractivity contribution in [2.45, 2.75) is 98.8 Å². The van der Waals surface area contributed by atoms with Gasteiger partial charge in [-0.3, -0.25) is 5.10 Å². The molecule has 242 valence electrons. The molecule has 2 rings (SSSR count). The third-order valence-corrected chi connectivity index (χ3v) is 7.83. The summed E-state index contributed by atoms with van der Waals surface area (Å²) in [6.07, 6.45) is 12.6. The Balaban J connectivity index is 2.08. The van der Waals surface area contributed by atoms with Crippen molar-refractivity contribution in [3.05, 3.63) is 22.9 Å². The third-order valence-electron chi connectivity index (χ3n) is 7.83. The molecule has 0 aliphatic rings. The molecule has 0 aliphatic carbocycles. The molecule has 2 aromatic rings. The van der Waals surface area contributed by atoms with Crippen LogP contribution in [-0.4, -0.2) is 54.7 Å². The number of anilines is 2. The van der Waals surface area contributed by atoms with Crippen LogP contribution < -0.4 is 10.6 Å². The molecule has 0 fully saturated rings. The average Bonchev–Trinajstić information content (AvgIpc) is 3.50. The predicted octanol–water partition coefficient (Wildman–Crippen LogP) is 8.34. The van der Waals surface area contributed by atoms with Gasteiger partial charge in [-0.1, -0.05) is 66.2 Å². The lowest BCUT2D eigenvalue weighted by atomic mass is 10.0. The van der Waals surface area contributed by atoms with Crippen LogP contribution in [0.4, 0.5) is 23.1 Å². The summed E-state index contributed by atoms with van der Waals surface area (Å²) in [6, 6.07) is 4.32. The minimum Gasteiger partial charge on any atom is -0.381 e. The molecule has 0 radical (unpaired) electrons. The van der Waals surface area contributed by atoms with Crippen molar-refractivity contribution in [3.8, 4) is 12.1 Å². The van der Waals surface area contributed by atoms with Crippen molar-refractivity contribution < 1.29 is 9.47 Å². The second kappa shape index (κ2) is 22.0. The van der Waals surface area contributed by atoms with Crippen LogP contribution in [0.2, 0.25) is 0 Å². The molecule has 2 atom stereocenters. The predicted molar refractivity (Wildman–Crippen MR) is 176 cm³/mol. The van der Waals surface area contributed by atoms with Gasteiger partial charge in [0.25, 0.3) is 0 Å². The highest BCUT2D eigenvalue weighted by Crippen LogP contribution is 2.35. The van der Waals surface area contributed by atoms with Gasteiger partial charge in [-0.25, -0.2) is 4.98 Å². The van der Waals surface area contributed by atoms with Crippen LogP contribution in [0.3, 0.4) is 0 Å². The number of unbranched alkanes of at least 4 members (excludes halogenated alkanes) is 2. The van der Waals surface area contributed by atoms with Crippen molar-refractivity contribution in [2.75, 3.05) is 50.2 Å². The van der Waals surface area contributed by atoms with Crippen LogP contribution in [-0.2, 0) is 9.47 Å². The molecule has 3 N–H and O–H groups in total. The smallest absolute Gasteiger partial charge is 0.188 e. The first kappa shape index (κ1) is 36.7. The lowest BCUT2D eigenvalue weighted by Gasteiger charge is -2.17. The molecule has 0 bridgehead atoms. The Morgan fingerprint density at radius 1 is 0.841 bits per heavy atom. The van der Waals surface area contributed by atoms with E-state index in [9.17, 15) is 10.5 Å². The van der Waals surface area contributed by atoms with Crippen LogP contribution in [0.5, 0.6) is 0 Å². The minimum absolute atomic E-state index is 0.250. The Kier molecular flexibility index (Phi) is 18.4. The van der Waals surface area contributed by atoms with Crippen molar-refractivity contribution in [1.82, 2.24) is 15.2 Å². The van der Waals surface area contributed by atoms with Gasteiger partial charge in [-0.05, 0) is 44.4 Å². The summed E-state index contributed by atoms with van der Waals surface area (Å²) in [6.45, 7) is 14.8. The van der Waals surface area contributed by atoms with Crippen LogP contribution in [0.1, 0.15) is 109 Å². The van der Waals surface area contributed by atoms with Crippen molar-refractivity contribution in [1.29, 1.82) is 10.5 Å². The Labute approximate surface area is 264 Å². The molecule has 11 nitrogen and oxygen atoms in total. The second-order valence-corrected chi connectivity index (χ2v) is 11.3. The highest BCUT2D eigenvalue weighted by atomic mass is 16.5. The first-order chi connectivity index (χ1) is 21.5. The normalized spacial score (nSPS) is 12.6. The van der Waals surface area contributed by atoms with Crippen LogP contribution in [0.15, 0.2) is 16.4 Å². The molecule has 0 aromatic carbocycles. The Morgan fingerprint density at radius 2 is 1.43 bits per heavy atom. The van der Waals surface area contributed by atoms with E-state index < -0.39 is 0 Å². The zero-order chi connectivity index (χ0) is 32.0. The lowest BCUT2D eigenvalue weighted by Crippen LogP contribution is -2.14. The first-order valence-corrected chi connectivity index (χ1v) is 16.5. The first-order valence-electron chi connectivity index (χ1n) is 16.5. The zero-order valence-corrected chi connectivity index (χ0v) is 27.5. The summed E-state index contributed by atoms with van der Waals surface area (Å²) in [5.74, 6) is 2.47. The Hall–Kier alpha value is -3.54. The van der Waals surface area contributed by atoms with E-state index in [2.05, 4.69) is 64.8 Å². The molecule has 0 aliphatic heterocycles. The number of H-pyrrole nitrogens is 1. The fraction of sp³-hybridized carbons (Fsp3) is 0.697. The fourth-order valence-electron chi connectivity index (χ4n) is 4.80. The summed E-state index contributed by atoms with van der Waals surface area (Å²) in [7, 11) is 0. The van der Waals surface area contributed by atoms with Crippen LogP contribution in [0.25, 0.3) is 0 Å². The van der Waals surface area contributed by atoms with E-state index in [-0.39, 0.29) is 11.4 Å². The van der Waals surface area contributed by atoms with Gasteiger partial charge < -0.3 is 20.1 Å². The number of aromatic nitrogens is 3. The van der Waals surface area contributed by atoms with Crippen LogP contribution in [0, 0.1) is 41.4 Å².